The number of phenolic OH excluding ortho intramolecular Hbond substituents is 1. The fourth-order valence-corrected chi connectivity index (χ4v) is 2.02. The quantitative estimate of drug-likeness (QED) is 0.457. The molecular formula is C17H10F6O2. The summed E-state index contributed by atoms with van der Waals surface area (Å²) in [6.45, 7) is 0. The first-order valence-corrected chi connectivity index (χ1v) is 6.78. The fraction of sp³-hybridized carbons (Fsp3) is 0.118. The van der Waals surface area contributed by atoms with Crippen molar-refractivity contribution in [3.05, 3.63) is 70.8 Å². The maximum atomic E-state index is 12.8. The van der Waals surface area contributed by atoms with Crippen molar-refractivity contribution in [1.82, 2.24) is 0 Å². The first kappa shape index (κ1) is 18.6. The summed E-state index contributed by atoms with van der Waals surface area (Å²) in [4.78, 5) is 11.9. The van der Waals surface area contributed by atoms with Crippen LogP contribution in [0.3, 0.4) is 0 Å². The molecule has 2 rings (SSSR count). The van der Waals surface area contributed by atoms with Crippen LogP contribution < -0.4 is 0 Å². The van der Waals surface area contributed by atoms with Gasteiger partial charge in [-0.1, -0.05) is 18.2 Å². The Kier molecular flexibility index (Phi) is 4.92. The highest BCUT2D eigenvalue weighted by Crippen LogP contribution is 2.36. The summed E-state index contributed by atoms with van der Waals surface area (Å²) in [5.74, 6) is -1.11. The molecule has 2 aromatic rings. The van der Waals surface area contributed by atoms with E-state index in [1.54, 1.807) is 0 Å². The van der Waals surface area contributed by atoms with Gasteiger partial charge in [0, 0.05) is 0 Å². The van der Waals surface area contributed by atoms with E-state index >= 15 is 0 Å². The van der Waals surface area contributed by atoms with Crippen molar-refractivity contribution in [3.63, 3.8) is 0 Å². The average Bonchev–Trinajstić information content (AvgIpc) is 2.51. The standard InChI is InChI=1S/C17H10F6O2/c18-16(19,20)11-7-10(8-12(9-11)17(21,22)23)5-6-15(25)13-3-1-2-4-14(13)24/h1-9,24H/b6-5+. The zero-order valence-electron chi connectivity index (χ0n) is 12.3. The molecule has 0 aromatic heterocycles. The smallest absolute Gasteiger partial charge is 0.416 e. The van der Waals surface area contributed by atoms with Crippen LogP contribution in [0.2, 0.25) is 0 Å². The average molecular weight is 360 g/mol. The van der Waals surface area contributed by atoms with Crippen molar-refractivity contribution >= 4 is 11.9 Å². The molecule has 25 heavy (non-hydrogen) atoms. The lowest BCUT2D eigenvalue weighted by Crippen LogP contribution is -2.11. The Bertz CT molecular complexity index is 786. The van der Waals surface area contributed by atoms with Gasteiger partial charge in [0.1, 0.15) is 5.75 Å². The number of hydrogen-bond donors (Lipinski definition) is 1. The van der Waals surface area contributed by atoms with Crippen molar-refractivity contribution in [1.29, 1.82) is 0 Å². The van der Waals surface area contributed by atoms with Gasteiger partial charge in [-0.25, -0.2) is 0 Å². The molecule has 2 nitrogen and oxygen atoms in total. The van der Waals surface area contributed by atoms with E-state index in [9.17, 15) is 36.2 Å². The van der Waals surface area contributed by atoms with Gasteiger partial charge in [-0.2, -0.15) is 26.3 Å². The lowest BCUT2D eigenvalue weighted by atomic mass is 10.0. The van der Waals surface area contributed by atoms with E-state index in [-0.39, 0.29) is 17.4 Å². The molecule has 1 N–H and O–H groups in total. The van der Waals surface area contributed by atoms with E-state index in [1.165, 1.54) is 24.3 Å². The molecule has 2 aromatic carbocycles. The molecule has 0 bridgehead atoms. The lowest BCUT2D eigenvalue weighted by molar-refractivity contribution is -0.143. The molecule has 0 unspecified atom stereocenters. The van der Waals surface area contributed by atoms with Gasteiger partial charge in [-0.3, -0.25) is 4.79 Å². The van der Waals surface area contributed by atoms with E-state index in [0.29, 0.717) is 12.1 Å². The van der Waals surface area contributed by atoms with Crippen molar-refractivity contribution in [2.75, 3.05) is 0 Å². The molecule has 0 aliphatic heterocycles. The number of phenols is 1. The minimum absolute atomic E-state index is 0.00217. The van der Waals surface area contributed by atoms with Crippen LogP contribution in [0.5, 0.6) is 5.75 Å². The maximum Gasteiger partial charge on any atom is 0.416 e. The van der Waals surface area contributed by atoms with E-state index < -0.39 is 34.8 Å². The van der Waals surface area contributed by atoms with Gasteiger partial charge < -0.3 is 5.11 Å². The van der Waals surface area contributed by atoms with Gasteiger partial charge in [0.2, 0.25) is 0 Å². The highest BCUT2D eigenvalue weighted by Gasteiger charge is 2.36. The van der Waals surface area contributed by atoms with E-state index in [1.807, 2.05) is 0 Å². The van der Waals surface area contributed by atoms with Crippen molar-refractivity contribution in [2.45, 2.75) is 12.4 Å². The van der Waals surface area contributed by atoms with Crippen LogP contribution in [0.1, 0.15) is 27.0 Å². The second-order valence-electron chi connectivity index (χ2n) is 5.05. The first-order chi connectivity index (χ1) is 11.5. The van der Waals surface area contributed by atoms with Crippen LogP contribution in [0.4, 0.5) is 26.3 Å². The SMILES string of the molecule is O=C(/C=C/c1cc(C(F)(F)F)cc(C(F)(F)F)c1)c1ccccc1O. The number of carbonyl (C=O) groups is 1. The van der Waals surface area contributed by atoms with Gasteiger partial charge >= 0.3 is 12.4 Å². The van der Waals surface area contributed by atoms with E-state index in [4.69, 9.17) is 0 Å². The van der Waals surface area contributed by atoms with Crippen LogP contribution in [0.15, 0.2) is 48.5 Å². The Balaban J connectivity index is 2.42. The van der Waals surface area contributed by atoms with Crippen LogP contribution in [-0.4, -0.2) is 10.9 Å². The van der Waals surface area contributed by atoms with Crippen molar-refractivity contribution in [2.24, 2.45) is 0 Å². The van der Waals surface area contributed by atoms with E-state index in [0.717, 1.165) is 12.2 Å². The summed E-state index contributed by atoms with van der Waals surface area (Å²) in [5, 5.41) is 9.53. The van der Waals surface area contributed by atoms with E-state index in [2.05, 4.69) is 0 Å². The molecule has 0 fully saturated rings. The zero-order chi connectivity index (χ0) is 18.8. The molecule has 0 aliphatic rings. The number of benzene rings is 2. The fourth-order valence-electron chi connectivity index (χ4n) is 2.02. The van der Waals surface area contributed by atoms with Crippen LogP contribution in [0.25, 0.3) is 6.08 Å². The van der Waals surface area contributed by atoms with Gasteiger partial charge in [0.05, 0.1) is 16.7 Å². The Morgan fingerprint density at radius 1 is 0.880 bits per heavy atom. The highest BCUT2D eigenvalue weighted by molar-refractivity contribution is 6.08. The second-order valence-corrected chi connectivity index (χ2v) is 5.05. The second kappa shape index (κ2) is 6.62. The molecular weight excluding hydrogens is 350 g/mol. The molecule has 0 spiro atoms. The van der Waals surface area contributed by atoms with Crippen LogP contribution in [0, 0.1) is 0 Å². The van der Waals surface area contributed by atoms with Gasteiger partial charge in [0.25, 0.3) is 0 Å². The summed E-state index contributed by atoms with van der Waals surface area (Å²) in [6.07, 6.45) is -8.30. The van der Waals surface area contributed by atoms with Crippen LogP contribution in [-0.2, 0) is 12.4 Å². The Morgan fingerprint density at radius 2 is 1.40 bits per heavy atom. The van der Waals surface area contributed by atoms with Gasteiger partial charge in [-0.05, 0) is 42.0 Å². The molecule has 0 aliphatic carbocycles. The number of alkyl halides is 6. The number of allylic oxidation sites excluding steroid dienone is 1. The number of para-hydroxylation sites is 1. The largest absolute Gasteiger partial charge is 0.507 e. The molecule has 0 amide bonds. The third kappa shape index (κ3) is 4.62. The Hall–Kier alpha value is -2.77. The normalized spacial score (nSPS) is 12.6. The van der Waals surface area contributed by atoms with Crippen molar-refractivity contribution in [3.8, 4) is 5.75 Å². The Morgan fingerprint density at radius 3 is 1.88 bits per heavy atom. The zero-order valence-corrected chi connectivity index (χ0v) is 12.3. The molecule has 0 saturated heterocycles. The summed E-state index contributed by atoms with van der Waals surface area (Å²) in [7, 11) is 0. The maximum absolute atomic E-state index is 12.8. The minimum Gasteiger partial charge on any atom is -0.507 e. The van der Waals surface area contributed by atoms with Gasteiger partial charge in [0.15, 0.2) is 5.78 Å². The number of aromatic hydroxyl groups is 1. The summed E-state index contributed by atoms with van der Waals surface area (Å²) in [5.41, 5.74) is -3.51. The number of hydrogen-bond acceptors (Lipinski definition) is 2. The Labute approximate surface area is 138 Å². The predicted octanol–water partition coefficient (Wildman–Crippen LogP) is 5.33. The number of rotatable bonds is 3. The topological polar surface area (TPSA) is 37.3 Å². The molecule has 0 radical (unpaired) electrons. The molecule has 0 saturated carbocycles. The third-order valence-electron chi connectivity index (χ3n) is 3.21. The van der Waals surface area contributed by atoms with Crippen LogP contribution >= 0.6 is 0 Å². The molecule has 132 valence electrons. The molecule has 0 heterocycles. The van der Waals surface area contributed by atoms with Crippen molar-refractivity contribution < 1.29 is 36.2 Å². The van der Waals surface area contributed by atoms with Gasteiger partial charge in [-0.15, -0.1) is 0 Å². The monoisotopic (exact) mass is 360 g/mol. The third-order valence-corrected chi connectivity index (χ3v) is 3.21. The lowest BCUT2D eigenvalue weighted by Gasteiger charge is -2.12. The first-order valence-electron chi connectivity index (χ1n) is 6.78. The number of carbonyl (C=O) groups excluding carboxylic acids is 1. The minimum atomic E-state index is -4.97. The predicted molar refractivity (Wildman–Crippen MR) is 77.9 cm³/mol. The summed E-state index contributed by atoms with van der Waals surface area (Å²) in [6, 6.07) is 6.42. The highest BCUT2D eigenvalue weighted by atomic mass is 19.4. The summed E-state index contributed by atoms with van der Waals surface area (Å²) < 4.78 is 76.6. The summed E-state index contributed by atoms with van der Waals surface area (Å²) >= 11 is 0. The molecule has 8 heteroatoms. The number of halogens is 6. The number of ketones is 1. The molecule has 0 atom stereocenters.